The van der Waals surface area contributed by atoms with Crippen LogP contribution in [0.1, 0.15) is 19.3 Å². The fourth-order valence-electron chi connectivity index (χ4n) is 1.46. The molecule has 0 unspecified atom stereocenters. The lowest BCUT2D eigenvalue weighted by Gasteiger charge is -1.96. The summed E-state index contributed by atoms with van der Waals surface area (Å²) in [6, 6.07) is 0. The summed E-state index contributed by atoms with van der Waals surface area (Å²) in [4.78, 5) is 0. The smallest absolute Gasteiger partial charge is 0.0215 e. The van der Waals surface area contributed by atoms with Gasteiger partial charge in [-0.3, -0.25) is 0 Å². The highest BCUT2D eigenvalue weighted by molar-refractivity contribution is 5.49. The Labute approximate surface area is 91.1 Å². The molecule has 0 aromatic heterocycles. The number of allylic oxidation sites excluding steroid dienone is 8. The van der Waals surface area contributed by atoms with E-state index in [9.17, 15) is 0 Å². The molecule has 0 aromatic rings. The summed E-state index contributed by atoms with van der Waals surface area (Å²) in [5.74, 6) is 11.8. The van der Waals surface area contributed by atoms with Gasteiger partial charge in [0, 0.05) is 11.1 Å². The van der Waals surface area contributed by atoms with Crippen LogP contribution in [-0.4, -0.2) is 0 Å². The van der Waals surface area contributed by atoms with Gasteiger partial charge in [0.25, 0.3) is 0 Å². The van der Waals surface area contributed by atoms with Gasteiger partial charge in [0.15, 0.2) is 0 Å². The van der Waals surface area contributed by atoms with Crippen molar-refractivity contribution in [2.24, 2.45) is 0 Å². The predicted molar refractivity (Wildman–Crippen MR) is 63.8 cm³/mol. The molecule has 0 fully saturated rings. The fraction of sp³-hybridized carbons (Fsp3) is 0.200. The van der Waals surface area contributed by atoms with Crippen LogP contribution < -0.4 is 0 Å². The highest BCUT2D eigenvalue weighted by atomic mass is 14.0. The Balaban J connectivity index is 1.97. The van der Waals surface area contributed by atoms with E-state index in [0.717, 1.165) is 30.4 Å². The molecular weight excluding hydrogens is 180 g/mol. The summed E-state index contributed by atoms with van der Waals surface area (Å²) in [5.41, 5.74) is 2.17. The SMILES string of the molecule is C(C#CC1=CCCC=C1)#CC1=CCC=C1. The molecule has 15 heavy (non-hydrogen) atoms. The lowest BCUT2D eigenvalue weighted by atomic mass is 10.1. The first-order valence-corrected chi connectivity index (χ1v) is 5.20. The van der Waals surface area contributed by atoms with Gasteiger partial charge in [-0.2, -0.15) is 0 Å². The van der Waals surface area contributed by atoms with Gasteiger partial charge in [-0.1, -0.05) is 48.3 Å². The maximum atomic E-state index is 3.04. The average Bonchev–Trinajstić information content (AvgIpc) is 2.79. The van der Waals surface area contributed by atoms with Crippen LogP contribution in [-0.2, 0) is 0 Å². The van der Waals surface area contributed by atoms with Crippen molar-refractivity contribution in [3.05, 3.63) is 47.6 Å². The van der Waals surface area contributed by atoms with Crippen LogP contribution in [0.25, 0.3) is 0 Å². The summed E-state index contributed by atoms with van der Waals surface area (Å²) >= 11 is 0. The van der Waals surface area contributed by atoms with Crippen molar-refractivity contribution in [3.63, 3.8) is 0 Å². The molecule has 0 nitrogen and oxygen atoms in total. The monoisotopic (exact) mass is 192 g/mol. The molecule has 2 rings (SSSR count). The normalized spacial score (nSPS) is 17.1. The zero-order chi connectivity index (χ0) is 10.3. The molecule has 0 heteroatoms. The molecule has 0 atom stereocenters. The van der Waals surface area contributed by atoms with E-state index in [2.05, 4.69) is 54.1 Å². The van der Waals surface area contributed by atoms with E-state index in [1.807, 2.05) is 6.08 Å². The fourth-order valence-corrected chi connectivity index (χ4v) is 1.46. The topological polar surface area (TPSA) is 0 Å². The number of hydrogen-bond donors (Lipinski definition) is 0. The van der Waals surface area contributed by atoms with Crippen LogP contribution in [0, 0.1) is 23.7 Å². The van der Waals surface area contributed by atoms with Crippen molar-refractivity contribution < 1.29 is 0 Å². The first-order valence-electron chi connectivity index (χ1n) is 5.20. The van der Waals surface area contributed by atoms with Crippen LogP contribution in [0.2, 0.25) is 0 Å². The maximum absolute atomic E-state index is 3.04. The van der Waals surface area contributed by atoms with Crippen LogP contribution in [0.3, 0.4) is 0 Å². The Kier molecular flexibility index (Phi) is 3.26. The number of hydrogen-bond acceptors (Lipinski definition) is 0. The van der Waals surface area contributed by atoms with Crippen molar-refractivity contribution in [1.29, 1.82) is 0 Å². The zero-order valence-electron chi connectivity index (χ0n) is 8.59. The van der Waals surface area contributed by atoms with Gasteiger partial charge in [-0.15, -0.1) is 0 Å². The summed E-state index contributed by atoms with van der Waals surface area (Å²) in [5, 5.41) is 0. The molecular formula is C15H12. The second kappa shape index (κ2) is 5.08. The average molecular weight is 192 g/mol. The summed E-state index contributed by atoms with van der Waals surface area (Å²) < 4.78 is 0. The zero-order valence-corrected chi connectivity index (χ0v) is 8.59. The molecule has 0 bridgehead atoms. The van der Waals surface area contributed by atoms with Crippen LogP contribution in [0.15, 0.2) is 47.6 Å². The van der Waals surface area contributed by atoms with E-state index in [4.69, 9.17) is 0 Å². The standard InChI is InChI=1S/C15H12/c1-2-8-14(9-3-1)10-4-5-11-15-12-6-7-13-15/h2,6,8-9,12-13H,1,3,7H2. The molecule has 0 aliphatic heterocycles. The molecule has 0 spiro atoms. The quantitative estimate of drug-likeness (QED) is 0.517. The Morgan fingerprint density at radius 2 is 1.53 bits per heavy atom. The van der Waals surface area contributed by atoms with E-state index in [1.165, 1.54) is 0 Å². The highest BCUT2D eigenvalue weighted by Crippen LogP contribution is 2.08. The summed E-state index contributed by atoms with van der Waals surface area (Å²) in [6.07, 6.45) is 15.9. The van der Waals surface area contributed by atoms with Gasteiger partial charge >= 0.3 is 0 Å². The van der Waals surface area contributed by atoms with Crippen molar-refractivity contribution in [1.82, 2.24) is 0 Å². The molecule has 0 N–H and O–H groups in total. The first-order chi connectivity index (χ1) is 7.45. The third kappa shape index (κ3) is 3.04. The number of rotatable bonds is 0. The Morgan fingerprint density at radius 3 is 2.13 bits per heavy atom. The molecule has 0 heterocycles. The van der Waals surface area contributed by atoms with Gasteiger partial charge in [-0.25, -0.2) is 0 Å². The molecule has 0 saturated carbocycles. The maximum Gasteiger partial charge on any atom is 0.0215 e. The van der Waals surface area contributed by atoms with Crippen molar-refractivity contribution >= 4 is 0 Å². The Bertz CT molecular complexity index is 474. The molecule has 0 radical (unpaired) electrons. The van der Waals surface area contributed by atoms with Gasteiger partial charge in [0.05, 0.1) is 0 Å². The van der Waals surface area contributed by atoms with E-state index < -0.39 is 0 Å². The van der Waals surface area contributed by atoms with E-state index in [0.29, 0.717) is 0 Å². The van der Waals surface area contributed by atoms with Crippen molar-refractivity contribution in [2.45, 2.75) is 19.3 Å². The molecule has 0 saturated heterocycles. The molecule has 0 amide bonds. The van der Waals surface area contributed by atoms with E-state index >= 15 is 0 Å². The van der Waals surface area contributed by atoms with Gasteiger partial charge in [0.1, 0.15) is 0 Å². The molecule has 72 valence electrons. The summed E-state index contributed by atoms with van der Waals surface area (Å²) in [7, 11) is 0. The second-order valence-corrected chi connectivity index (χ2v) is 3.44. The van der Waals surface area contributed by atoms with Gasteiger partial charge in [0.2, 0.25) is 0 Å². The van der Waals surface area contributed by atoms with Crippen molar-refractivity contribution in [2.75, 3.05) is 0 Å². The van der Waals surface area contributed by atoms with Crippen LogP contribution in [0.4, 0.5) is 0 Å². The Hall–Kier alpha value is -1.92. The highest BCUT2D eigenvalue weighted by Gasteiger charge is 1.91. The lowest BCUT2D eigenvalue weighted by molar-refractivity contribution is 1.03. The van der Waals surface area contributed by atoms with Crippen LogP contribution in [0.5, 0.6) is 0 Å². The van der Waals surface area contributed by atoms with E-state index in [-0.39, 0.29) is 0 Å². The van der Waals surface area contributed by atoms with Gasteiger partial charge < -0.3 is 0 Å². The second-order valence-electron chi connectivity index (χ2n) is 3.44. The minimum absolute atomic E-state index is 1.01. The molecule has 2 aliphatic rings. The summed E-state index contributed by atoms with van der Waals surface area (Å²) in [6.45, 7) is 0. The lowest BCUT2D eigenvalue weighted by Crippen LogP contribution is -1.79. The molecule has 2 aliphatic carbocycles. The predicted octanol–water partition coefficient (Wildman–Crippen LogP) is 3.16. The minimum Gasteiger partial charge on any atom is -0.0830 e. The third-order valence-corrected chi connectivity index (χ3v) is 2.24. The third-order valence-electron chi connectivity index (χ3n) is 2.24. The first kappa shape index (κ1) is 9.63. The van der Waals surface area contributed by atoms with Gasteiger partial charge in [-0.05, 0) is 31.1 Å². The largest absolute Gasteiger partial charge is 0.0830 e. The van der Waals surface area contributed by atoms with E-state index in [1.54, 1.807) is 0 Å². The minimum atomic E-state index is 1.01. The van der Waals surface area contributed by atoms with Crippen LogP contribution >= 0.6 is 0 Å². The molecule has 0 aromatic carbocycles. The van der Waals surface area contributed by atoms with Crippen molar-refractivity contribution in [3.8, 4) is 23.7 Å². The Morgan fingerprint density at radius 1 is 0.800 bits per heavy atom.